The fourth-order valence-electron chi connectivity index (χ4n) is 2.70. The highest BCUT2D eigenvalue weighted by Gasteiger charge is 2.15. The SMILES string of the molecule is CN=C(NCCc1cc2ccccc2o1)NCC1CCCO1. The van der Waals surface area contributed by atoms with Crippen molar-refractivity contribution in [3.8, 4) is 0 Å². The number of hydrogen-bond donors (Lipinski definition) is 2. The number of rotatable bonds is 5. The number of benzene rings is 1. The number of ether oxygens (including phenoxy) is 1. The van der Waals surface area contributed by atoms with Gasteiger partial charge in [0.15, 0.2) is 5.96 Å². The molecule has 2 heterocycles. The first kappa shape index (κ1) is 14.9. The molecule has 2 N–H and O–H groups in total. The van der Waals surface area contributed by atoms with Crippen molar-refractivity contribution >= 4 is 16.9 Å². The molecule has 22 heavy (non-hydrogen) atoms. The summed E-state index contributed by atoms with van der Waals surface area (Å²) in [7, 11) is 1.78. The summed E-state index contributed by atoms with van der Waals surface area (Å²) in [5, 5.41) is 7.77. The second-order valence-electron chi connectivity index (χ2n) is 5.52. The fraction of sp³-hybridized carbons (Fsp3) is 0.471. The second kappa shape index (κ2) is 7.31. The van der Waals surface area contributed by atoms with Crippen molar-refractivity contribution in [2.24, 2.45) is 4.99 Å². The van der Waals surface area contributed by atoms with E-state index in [1.807, 2.05) is 18.2 Å². The molecule has 1 unspecified atom stereocenters. The van der Waals surface area contributed by atoms with E-state index < -0.39 is 0 Å². The molecule has 5 heteroatoms. The van der Waals surface area contributed by atoms with E-state index in [9.17, 15) is 0 Å². The maximum absolute atomic E-state index is 5.80. The molecule has 1 aromatic heterocycles. The second-order valence-corrected chi connectivity index (χ2v) is 5.52. The molecule has 0 amide bonds. The van der Waals surface area contributed by atoms with Crippen LogP contribution in [0.25, 0.3) is 11.0 Å². The van der Waals surface area contributed by atoms with Gasteiger partial charge in [0.2, 0.25) is 0 Å². The van der Waals surface area contributed by atoms with Gasteiger partial charge in [0.1, 0.15) is 11.3 Å². The average Bonchev–Trinajstić information content (AvgIpc) is 3.19. The number of fused-ring (bicyclic) bond motifs is 1. The van der Waals surface area contributed by atoms with Gasteiger partial charge in [-0.2, -0.15) is 0 Å². The zero-order valence-corrected chi connectivity index (χ0v) is 13.0. The van der Waals surface area contributed by atoms with Crippen LogP contribution in [-0.2, 0) is 11.2 Å². The van der Waals surface area contributed by atoms with Crippen molar-refractivity contribution < 1.29 is 9.15 Å². The van der Waals surface area contributed by atoms with Crippen LogP contribution in [0.5, 0.6) is 0 Å². The first-order valence-corrected chi connectivity index (χ1v) is 7.89. The molecule has 0 radical (unpaired) electrons. The normalized spacial score (nSPS) is 18.8. The Hall–Kier alpha value is -2.01. The summed E-state index contributed by atoms with van der Waals surface area (Å²) < 4.78 is 11.4. The standard InChI is InChI=1S/C17H23N3O2/c1-18-17(20-12-15-6-4-10-21-15)19-9-8-14-11-13-5-2-3-7-16(13)22-14/h2-3,5,7,11,15H,4,6,8-10,12H2,1H3,(H2,18,19,20). The Kier molecular flexibility index (Phi) is 4.96. The number of guanidine groups is 1. The van der Waals surface area contributed by atoms with Crippen LogP contribution in [0.15, 0.2) is 39.7 Å². The molecular formula is C17H23N3O2. The molecule has 1 aliphatic heterocycles. The quantitative estimate of drug-likeness (QED) is 0.657. The summed E-state index contributed by atoms with van der Waals surface area (Å²) in [4.78, 5) is 4.23. The molecule has 0 bridgehead atoms. The Balaban J connectivity index is 1.44. The number of nitrogens with one attached hydrogen (secondary N) is 2. The average molecular weight is 301 g/mol. The molecule has 1 aliphatic rings. The van der Waals surface area contributed by atoms with Gasteiger partial charge in [-0.1, -0.05) is 18.2 Å². The van der Waals surface area contributed by atoms with Gasteiger partial charge in [-0.3, -0.25) is 4.99 Å². The van der Waals surface area contributed by atoms with Crippen LogP contribution in [0.2, 0.25) is 0 Å². The molecule has 118 valence electrons. The van der Waals surface area contributed by atoms with E-state index in [0.29, 0.717) is 6.10 Å². The third-order valence-electron chi connectivity index (χ3n) is 3.89. The predicted molar refractivity (Wildman–Crippen MR) is 88.3 cm³/mol. The highest BCUT2D eigenvalue weighted by molar-refractivity contribution is 5.80. The van der Waals surface area contributed by atoms with Crippen molar-refractivity contribution in [2.45, 2.75) is 25.4 Å². The lowest BCUT2D eigenvalue weighted by Crippen LogP contribution is -2.41. The van der Waals surface area contributed by atoms with E-state index in [1.165, 1.54) is 0 Å². The van der Waals surface area contributed by atoms with Crippen LogP contribution < -0.4 is 10.6 Å². The number of aliphatic imine (C=N–C) groups is 1. The monoisotopic (exact) mass is 301 g/mol. The molecule has 0 spiro atoms. The van der Waals surface area contributed by atoms with Crippen LogP contribution in [0.3, 0.4) is 0 Å². The van der Waals surface area contributed by atoms with Gasteiger partial charge in [-0.25, -0.2) is 0 Å². The lowest BCUT2D eigenvalue weighted by Gasteiger charge is -2.14. The molecule has 1 saturated heterocycles. The highest BCUT2D eigenvalue weighted by Crippen LogP contribution is 2.18. The van der Waals surface area contributed by atoms with Crippen molar-refractivity contribution in [3.63, 3.8) is 0 Å². The van der Waals surface area contributed by atoms with Gasteiger partial charge in [0, 0.05) is 38.6 Å². The van der Waals surface area contributed by atoms with Crippen molar-refractivity contribution in [1.82, 2.24) is 10.6 Å². The third-order valence-corrected chi connectivity index (χ3v) is 3.89. The van der Waals surface area contributed by atoms with E-state index in [2.05, 4.69) is 27.8 Å². The molecule has 1 aromatic carbocycles. The van der Waals surface area contributed by atoms with Crippen molar-refractivity contribution in [2.75, 3.05) is 26.7 Å². The maximum atomic E-state index is 5.80. The lowest BCUT2D eigenvalue weighted by molar-refractivity contribution is 0.114. The predicted octanol–water partition coefficient (Wildman–Crippen LogP) is 2.32. The van der Waals surface area contributed by atoms with Crippen LogP contribution in [0.1, 0.15) is 18.6 Å². The van der Waals surface area contributed by atoms with Crippen molar-refractivity contribution in [1.29, 1.82) is 0 Å². The Morgan fingerprint density at radius 2 is 2.23 bits per heavy atom. The smallest absolute Gasteiger partial charge is 0.191 e. The largest absolute Gasteiger partial charge is 0.461 e. The first-order chi connectivity index (χ1) is 10.8. The Morgan fingerprint density at radius 3 is 3.00 bits per heavy atom. The maximum Gasteiger partial charge on any atom is 0.191 e. The molecular weight excluding hydrogens is 278 g/mol. The minimum absolute atomic E-state index is 0.314. The summed E-state index contributed by atoms with van der Waals surface area (Å²) in [5.41, 5.74) is 0.943. The van der Waals surface area contributed by atoms with Crippen molar-refractivity contribution in [3.05, 3.63) is 36.1 Å². The summed E-state index contributed by atoms with van der Waals surface area (Å²) in [6, 6.07) is 10.2. The summed E-state index contributed by atoms with van der Waals surface area (Å²) in [6.45, 7) is 2.47. The lowest BCUT2D eigenvalue weighted by atomic mass is 10.2. The van der Waals surface area contributed by atoms with E-state index in [0.717, 1.165) is 61.6 Å². The number of hydrogen-bond acceptors (Lipinski definition) is 3. The molecule has 5 nitrogen and oxygen atoms in total. The first-order valence-electron chi connectivity index (χ1n) is 7.89. The molecule has 1 atom stereocenters. The van der Waals surface area contributed by atoms with E-state index >= 15 is 0 Å². The van der Waals surface area contributed by atoms with Gasteiger partial charge in [-0.05, 0) is 25.0 Å². The Morgan fingerprint density at radius 1 is 1.32 bits per heavy atom. The zero-order chi connectivity index (χ0) is 15.2. The van der Waals surface area contributed by atoms with Gasteiger partial charge in [-0.15, -0.1) is 0 Å². The number of furan rings is 1. The molecule has 3 rings (SSSR count). The minimum atomic E-state index is 0.314. The van der Waals surface area contributed by atoms with E-state index in [-0.39, 0.29) is 0 Å². The van der Waals surface area contributed by atoms with E-state index in [4.69, 9.17) is 9.15 Å². The molecule has 2 aromatic rings. The summed E-state index contributed by atoms with van der Waals surface area (Å²) in [5.74, 6) is 1.80. The van der Waals surface area contributed by atoms with Gasteiger partial charge in [0.05, 0.1) is 6.10 Å². The van der Waals surface area contributed by atoms with Gasteiger partial charge < -0.3 is 19.8 Å². The third kappa shape index (κ3) is 3.80. The Bertz CT molecular complexity index is 597. The summed E-state index contributed by atoms with van der Waals surface area (Å²) in [6.07, 6.45) is 3.43. The number of para-hydroxylation sites is 1. The van der Waals surface area contributed by atoms with E-state index in [1.54, 1.807) is 7.05 Å². The fourth-order valence-corrected chi connectivity index (χ4v) is 2.70. The van der Waals surface area contributed by atoms with Crippen LogP contribution in [0, 0.1) is 0 Å². The van der Waals surface area contributed by atoms with Gasteiger partial charge >= 0.3 is 0 Å². The van der Waals surface area contributed by atoms with Crippen LogP contribution in [-0.4, -0.2) is 38.8 Å². The van der Waals surface area contributed by atoms with Crippen LogP contribution in [0.4, 0.5) is 0 Å². The van der Waals surface area contributed by atoms with Gasteiger partial charge in [0.25, 0.3) is 0 Å². The molecule has 0 saturated carbocycles. The summed E-state index contributed by atoms with van der Waals surface area (Å²) >= 11 is 0. The minimum Gasteiger partial charge on any atom is -0.461 e. The van der Waals surface area contributed by atoms with Crippen LogP contribution >= 0.6 is 0 Å². The Labute approximate surface area is 130 Å². The zero-order valence-electron chi connectivity index (χ0n) is 13.0. The number of nitrogens with zero attached hydrogens (tertiary/aromatic N) is 1. The molecule has 1 fully saturated rings. The highest BCUT2D eigenvalue weighted by atomic mass is 16.5. The topological polar surface area (TPSA) is 58.8 Å². The molecule has 0 aliphatic carbocycles.